The lowest BCUT2D eigenvalue weighted by Crippen LogP contribution is -2.41. The van der Waals surface area contributed by atoms with Gasteiger partial charge in [-0.2, -0.15) is 13.2 Å². The molecule has 2 atom stereocenters. The molecule has 0 radical (unpaired) electrons. The summed E-state index contributed by atoms with van der Waals surface area (Å²) in [4.78, 5) is -0.378. The maximum Gasteiger partial charge on any atom is 0.416 e. The largest absolute Gasteiger partial charge is 0.416 e. The zero-order chi connectivity index (χ0) is 16.5. The van der Waals surface area contributed by atoms with Gasteiger partial charge in [0.05, 0.1) is 15.7 Å². The molecule has 3 N–H and O–H groups in total. The number of sulfone groups is 1. The third-order valence-electron chi connectivity index (χ3n) is 3.51. The molecule has 122 valence electrons. The number of ether oxygens (including phenoxy) is 1. The van der Waals surface area contributed by atoms with Gasteiger partial charge >= 0.3 is 6.18 Å². The Labute approximate surface area is 125 Å². The van der Waals surface area contributed by atoms with Gasteiger partial charge in [-0.15, -0.1) is 0 Å². The van der Waals surface area contributed by atoms with E-state index in [0.717, 1.165) is 18.2 Å². The van der Waals surface area contributed by atoms with Gasteiger partial charge in [-0.1, -0.05) is 6.07 Å². The van der Waals surface area contributed by atoms with Crippen LogP contribution >= 0.6 is 0 Å². The van der Waals surface area contributed by atoms with Crippen molar-refractivity contribution in [3.05, 3.63) is 29.8 Å². The molecule has 1 aromatic rings. The molecule has 5 nitrogen and oxygen atoms in total. The minimum Gasteiger partial charge on any atom is -0.385 e. The van der Waals surface area contributed by atoms with E-state index in [1.165, 1.54) is 0 Å². The molecular weight excluding hydrogens is 321 g/mol. The van der Waals surface area contributed by atoms with Crippen LogP contribution in [0.5, 0.6) is 0 Å². The molecule has 0 saturated carbocycles. The standard InChI is InChI=1S/C13H15F3N2O3S/c14-13(15,16)8-2-1-3-9(6-8)22(19,20)10-4-5-21-11(7-10)12(17)18/h1-3,6,10-11H,4-5,7H2,(H3,17,18). The first kappa shape index (κ1) is 16.8. The molecule has 1 aliphatic rings. The summed E-state index contributed by atoms with van der Waals surface area (Å²) in [5, 5.41) is 6.40. The molecule has 1 heterocycles. The summed E-state index contributed by atoms with van der Waals surface area (Å²) < 4.78 is 68.3. The molecule has 0 aliphatic carbocycles. The van der Waals surface area contributed by atoms with Crippen molar-refractivity contribution >= 4 is 15.7 Å². The smallest absolute Gasteiger partial charge is 0.385 e. The normalized spacial score (nSPS) is 23.2. The number of nitrogens with one attached hydrogen (secondary N) is 1. The highest BCUT2D eigenvalue weighted by Crippen LogP contribution is 2.32. The number of nitrogens with two attached hydrogens (primary N) is 1. The Hall–Kier alpha value is -1.61. The van der Waals surface area contributed by atoms with Gasteiger partial charge in [-0.3, -0.25) is 5.41 Å². The van der Waals surface area contributed by atoms with E-state index in [1.807, 2.05) is 0 Å². The summed E-state index contributed by atoms with van der Waals surface area (Å²) in [5.74, 6) is -0.288. The van der Waals surface area contributed by atoms with E-state index in [0.29, 0.717) is 6.07 Å². The lowest BCUT2D eigenvalue weighted by Gasteiger charge is -2.28. The van der Waals surface area contributed by atoms with Gasteiger partial charge in [0.25, 0.3) is 0 Å². The van der Waals surface area contributed by atoms with Gasteiger partial charge in [-0.25, -0.2) is 8.42 Å². The Balaban J connectivity index is 2.32. The zero-order valence-corrected chi connectivity index (χ0v) is 12.2. The minimum absolute atomic E-state index is 0.0338. The predicted octanol–water partition coefficient (Wildman–Crippen LogP) is 1.96. The van der Waals surface area contributed by atoms with Crippen LogP contribution in [0.1, 0.15) is 18.4 Å². The van der Waals surface area contributed by atoms with Crippen LogP contribution in [0, 0.1) is 5.41 Å². The topological polar surface area (TPSA) is 93.2 Å². The quantitative estimate of drug-likeness (QED) is 0.652. The van der Waals surface area contributed by atoms with E-state index in [1.54, 1.807) is 0 Å². The minimum atomic E-state index is -4.61. The molecule has 1 aromatic carbocycles. The lowest BCUT2D eigenvalue weighted by molar-refractivity contribution is -0.137. The third kappa shape index (κ3) is 3.41. The maximum absolute atomic E-state index is 12.7. The van der Waals surface area contributed by atoms with Crippen LogP contribution in [0.15, 0.2) is 29.2 Å². The third-order valence-corrected chi connectivity index (χ3v) is 5.73. The number of benzene rings is 1. The van der Waals surface area contributed by atoms with Crippen molar-refractivity contribution in [1.82, 2.24) is 0 Å². The van der Waals surface area contributed by atoms with Crippen LogP contribution in [0.2, 0.25) is 0 Å². The second kappa shape index (κ2) is 5.88. The van der Waals surface area contributed by atoms with Gasteiger partial charge in [0, 0.05) is 6.61 Å². The van der Waals surface area contributed by atoms with E-state index in [2.05, 4.69) is 0 Å². The first-order valence-corrected chi connectivity index (χ1v) is 8.03. The summed E-state index contributed by atoms with van der Waals surface area (Å²) in [6, 6.07) is 3.66. The molecule has 0 aromatic heterocycles. The van der Waals surface area contributed by atoms with Crippen molar-refractivity contribution in [2.24, 2.45) is 5.73 Å². The summed E-state index contributed by atoms with van der Waals surface area (Å²) in [6.45, 7) is 0.0904. The molecule has 1 fully saturated rings. The van der Waals surface area contributed by atoms with E-state index in [-0.39, 0.29) is 30.2 Å². The average molecular weight is 336 g/mol. The molecule has 9 heteroatoms. The van der Waals surface area contributed by atoms with Crippen LogP contribution in [0.3, 0.4) is 0 Å². The summed E-state index contributed by atoms with van der Waals surface area (Å²) in [6.07, 6.45) is -5.31. The van der Waals surface area contributed by atoms with E-state index < -0.39 is 32.9 Å². The Morgan fingerprint density at radius 2 is 2.05 bits per heavy atom. The molecule has 0 amide bonds. The van der Waals surface area contributed by atoms with Gasteiger partial charge in [0.1, 0.15) is 11.9 Å². The van der Waals surface area contributed by atoms with E-state index in [4.69, 9.17) is 15.9 Å². The number of amidine groups is 1. The van der Waals surface area contributed by atoms with Crippen LogP contribution in [0.4, 0.5) is 13.2 Å². The zero-order valence-electron chi connectivity index (χ0n) is 11.4. The summed E-state index contributed by atoms with van der Waals surface area (Å²) in [5.41, 5.74) is 4.30. The number of halogens is 3. The van der Waals surface area contributed by atoms with Gasteiger partial charge in [0.15, 0.2) is 9.84 Å². The second-order valence-corrected chi connectivity index (χ2v) is 7.26. The molecule has 0 bridgehead atoms. The van der Waals surface area contributed by atoms with E-state index in [9.17, 15) is 21.6 Å². The highest BCUT2D eigenvalue weighted by atomic mass is 32.2. The Morgan fingerprint density at radius 3 is 2.64 bits per heavy atom. The van der Waals surface area contributed by atoms with Crippen LogP contribution in [-0.4, -0.2) is 32.2 Å². The number of alkyl halides is 3. The molecule has 2 rings (SSSR count). The molecule has 0 spiro atoms. The van der Waals surface area contributed by atoms with Crippen molar-refractivity contribution in [2.45, 2.75) is 35.3 Å². The highest BCUT2D eigenvalue weighted by Gasteiger charge is 2.36. The predicted molar refractivity (Wildman–Crippen MR) is 73.3 cm³/mol. The van der Waals surface area contributed by atoms with Crippen LogP contribution < -0.4 is 5.73 Å². The lowest BCUT2D eigenvalue weighted by atomic mass is 10.1. The van der Waals surface area contributed by atoms with Gasteiger partial charge < -0.3 is 10.5 Å². The average Bonchev–Trinajstić information content (AvgIpc) is 2.46. The van der Waals surface area contributed by atoms with Gasteiger partial charge in [-0.05, 0) is 31.0 Å². The number of rotatable bonds is 3. The van der Waals surface area contributed by atoms with Crippen molar-refractivity contribution in [2.75, 3.05) is 6.61 Å². The SMILES string of the molecule is N=C(N)C1CC(S(=O)(=O)c2cccc(C(F)(F)F)c2)CCO1. The maximum atomic E-state index is 12.7. The van der Waals surface area contributed by atoms with Crippen LogP contribution in [-0.2, 0) is 20.8 Å². The van der Waals surface area contributed by atoms with Crippen molar-refractivity contribution in [3.63, 3.8) is 0 Å². The fourth-order valence-corrected chi connectivity index (χ4v) is 4.09. The monoisotopic (exact) mass is 336 g/mol. The molecule has 2 unspecified atom stereocenters. The second-order valence-electron chi connectivity index (χ2n) is 5.03. The molecule has 22 heavy (non-hydrogen) atoms. The molecule has 1 aliphatic heterocycles. The Kier molecular flexibility index (Phi) is 4.48. The summed E-state index contributed by atoms with van der Waals surface area (Å²) in [7, 11) is -3.94. The first-order chi connectivity index (χ1) is 10.1. The number of hydrogen-bond acceptors (Lipinski definition) is 4. The van der Waals surface area contributed by atoms with Gasteiger partial charge in [0.2, 0.25) is 0 Å². The highest BCUT2D eigenvalue weighted by molar-refractivity contribution is 7.92. The van der Waals surface area contributed by atoms with Crippen molar-refractivity contribution < 1.29 is 26.3 Å². The molecular formula is C13H15F3N2O3S. The summed E-state index contributed by atoms with van der Waals surface area (Å²) >= 11 is 0. The number of hydrogen-bond donors (Lipinski definition) is 2. The fraction of sp³-hybridized carbons (Fsp3) is 0.462. The van der Waals surface area contributed by atoms with Crippen molar-refractivity contribution in [1.29, 1.82) is 5.41 Å². The Bertz CT molecular complexity index is 673. The van der Waals surface area contributed by atoms with Crippen LogP contribution in [0.25, 0.3) is 0 Å². The van der Waals surface area contributed by atoms with Crippen molar-refractivity contribution in [3.8, 4) is 0 Å². The fourth-order valence-electron chi connectivity index (χ4n) is 2.31. The first-order valence-electron chi connectivity index (χ1n) is 6.49. The van der Waals surface area contributed by atoms with E-state index >= 15 is 0 Å². The Morgan fingerprint density at radius 1 is 1.36 bits per heavy atom. The molecule has 1 saturated heterocycles.